The summed E-state index contributed by atoms with van der Waals surface area (Å²) in [5.74, 6) is 0.173. The minimum atomic E-state index is -0.375. The fourth-order valence-electron chi connectivity index (χ4n) is 4.51. The van der Waals surface area contributed by atoms with Gasteiger partial charge in [0.1, 0.15) is 5.82 Å². The molecular weight excluding hydrogens is 378 g/mol. The minimum Gasteiger partial charge on any atom is -0.384 e. The highest BCUT2D eigenvalue weighted by Crippen LogP contribution is 2.51. The van der Waals surface area contributed by atoms with Gasteiger partial charge in [-0.25, -0.2) is 0 Å². The third kappa shape index (κ3) is 3.18. The van der Waals surface area contributed by atoms with Crippen molar-refractivity contribution in [2.24, 2.45) is 11.1 Å². The molecule has 0 bridgehead atoms. The van der Waals surface area contributed by atoms with Crippen LogP contribution in [0.5, 0.6) is 0 Å². The normalized spacial score (nSPS) is 21.3. The van der Waals surface area contributed by atoms with Gasteiger partial charge in [0.05, 0.1) is 17.6 Å². The Morgan fingerprint density at radius 2 is 2.00 bits per heavy atom. The van der Waals surface area contributed by atoms with E-state index in [4.69, 9.17) is 5.73 Å². The van der Waals surface area contributed by atoms with Crippen LogP contribution in [0.3, 0.4) is 0 Å². The van der Waals surface area contributed by atoms with Gasteiger partial charge >= 0.3 is 0 Å². The molecule has 4 rings (SSSR count). The molecule has 0 saturated carbocycles. The van der Waals surface area contributed by atoms with Crippen LogP contribution in [-0.4, -0.2) is 5.78 Å². The maximum atomic E-state index is 13.4. The first-order valence-electron chi connectivity index (χ1n) is 9.80. The number of benzene rings is 1. The molecule has 0 spiro atoms. The second kappa shape index (κ2) is 6.89. The van der Waals surface area contributed by atoms with E-state index in [1.807, 2.05) is 48.4 Å². The van der Waals surface area contributed by atoms with Crippen molar-refractivity contribution in [1.29, 1.82) is 5.26 Å². The van der Waals surface area contributed by atoms with Gasteiger partial charge in [-0.1, -0.05) is 26.0 Å². The first-order valence-corrected chi connectivity index (χ1v) is 10.7. The summed E-state index contributed by atoms with van der Waals surface area (Å²) in [5, 5.41) is 12.1. The number of hydrogen-bond acceptors (Lipinski definition) is 5. The number of nitrogens with zero attached hydrogens (tertiary/aromatic N) is 2. The fourth-order valence-corrected chi connectivity index (χ4v) is 5.56. The highest BCUT2D eigenvalue weighted by molar-refractivity contribution is 7.10. The summed E-state index contributed by atoms with van der Waals surface area (Å²) in [5.41, 5.74) is 11.7. The van der Waals surface area contributed by atoms with Gasteiger partial charge in [0.25, 0.3) is 0 Å². The molecule has 1 atom stereocenters. The van der Waals surface area contributed by atoms with Crippen LogP contribution in [-0.2, 0) is 4.79 Å². The number of aryl methyl sites for hydroxylation is 2. The summed E-state index contributed by atoms with van der Waals surface area (Å²) in [7, 11) is 0. The van der Waals surface area contributed by atoms with Gasteiger partial charge in [-0.15, -0.1) is 11.3 Å². The monoisotopic (exact) mass is 403 g/mol. The molecule has 0 amide bonds. The van der Waals surface area contributed by atoms with E-state index in [0.717, 1.165) is 39.4 Å². The molecule has 1 aromatic heterocycles. The maximum Gasteiger partial charge on any atom is 0.162 e. The standard InChI is InChI=1S/C24H25N3OS/c1-14-6-5-7-16(10-14)27-18-11-24(3,4)12-19(28)21(18)20(17(13-25)23(27)26)22-15(2)8-9-29-22/h5-10,20H,11-12,26H2,1-4H3. The smallest absolute Gasteiger partial charge is 0.162 e. The van der Waals surface area contributed by atoms with Crippen LogP contribution in [0.4, 0.5) is 5.69 Å². The molecule has 1 aromatic carbocycles. The number of carbonyl (C=O) groups is 1. The van der Waals surface area contributed by atoms with Crippen molar-refractivity contribution in [3.05, 3.63) is 74.4 Å². The van der Waals surface area contributed by atoms with E-state index in [-0.39, 0.29) is 17.1 Å². The zero-order valence-corrected chi connectivity index (χ0v) is 18.1. The molecule has 1 aliphatic heterocycles. The zero-order chi connectivity index (χ0) is 20.9. The number of Topliss-reactive ketones (excluding diaryl/α,β-unsaturated/α-hetero) is 1. The number of allylic oxidation sites excluding steroid dienone is 3. The largest absolute Gasteiger partial charge is 0.384 e. The summed E-state index contributed by atoms with van der Waals surface area (Å²) >= 11 is 1.59. The molecule has 0 fully saturated rings. The Kier molecular flexibility index (Phi) is 4.63. The molecule has 2 heterocycles. The van der Waals surface area contributed by atoms with Gasteiger partial charge in [0.2, 0.25) is 0 Å². The summed E-state index contributed by atoms with van der Waals surface area (Å²) in [6, 6.07) is 12.4. The molecule has 29 heavy (non-hydrogen) atoms. The van der Waals surface area contributed by atoms with Crippen LogP contribution in [0.2, 0.25) is 0 Å². The Balaban J connectivity index is 2.02. The lowest BCUT2D eigenvalue weighted by molar-refractivity contribution is -0.118. The van der Waals surface area contributed by atoms with E-state index >= 15 is 0 Å². The summed E-state index contributed by atoms with van der Waals surface area (Å²) < 4.78 is 0. The number of nitrogens with two attached hydrogens (primary N) is 1. The molecule has 2 aromatic rings. The predicted octanol–water partition coefficient (Wildman–Crippen LogP) is 5.31. The van der Waals surface area contributed by atoms with Gasteiger partial charge in [0, 0.05) is 28.3 Å². The Morgan fingerprint density at radius 3 is 2.62 bits per heavy atom. The third-order valence-electron chi connectivity index (χ3n) is 5.80. The lowest BCUT2D eigenvalue weighted by atomic mass is 9.69. The van der Waals surface area contributed by atoms with Crippen LogP contribution < -0.4 is 10.6 Å². The quantitative estimate of drug-likeness (QED) is 0.738. The molecule has 5 heteroatoms. The zero-order valence-electron chi connectivity index (χ0n) is 17.2. The SMILES string of the molecule is Cc1cccc(N2C(N)=C(C#N)C(c3sccc3C)C3=C2CC(C)(C)CC3=O)c1. The van der Waals surface area contributed by atoms with Gasteiger partial charge < -0.3 is 5.73 Å². The van der Waals surface area contributed by atoms with Crippen LogP contribution >= 0.6 is 11.3 Å². The van der Waals surface area contributed by atoms with Gasteiger partial charge in [-0.3, -0.25) is 9.69 Å². The first kappa shape index (κ1) is 19.5. The van der Waals surface area contributed by atoms with Crippen LogP contribution in [0.1, 0.15) is 48.6 Å². The predicted molar refractivity (Wildman–Crippen MR) is 117 cm³/mol. The summed E-state index contributed by atoms with van der Waals surface area (Å²) in [6.45, 7) is 8.30. The maximum absolute atomic E-state index is 13.4. The second-order valence-electron chi connectivity index (χ2n) is 8.79. The summed E-state index contributed by atoms with van der Waals surface area (Å²) in [6.07, 6.45) is 1.22. The molecule has 1 unspecified atom stereocenters. The van der Waals surface area contributed by atoms with Crippen molar-refractivity contribution in [2.75, 3.05) is 4.90 Å². The number of rotatable bonds is 2. The lowest BCUT2D eigenvalue weighted by Crippen LogP contribution is -2.42. The number of thiophene rings is 1. The fraction of sp³-hybridized carbons (Fsp3) is 0.333. The van der Waals surface area contributed by atoms with E-state index in [1.54, 1.807) is 11.3 Å². The number of hydrogen-bond donors (Lipinski definition) is 1. The average molecular weight is 404 g/mol. The van der Waals surface area contributed by atoms with Crippen molar-refractivity contribution in [2.45, 2.75) is 46.5 Å². The van der Waals surface area contributed by atoms with Crippen LogP contribution in [0.15, 0.2) is 58.4 Å². The Hall–Kier alpha value is -2.84. The minimum absolute atomic E-state index is 0.118. The van der Waals surface area contributed by atoms with E-state index < -0.39 is 0 Å². The summed E-state index contributed by atoms with van der Waals surface area (Å²) in [4.78, 5) is 16.4. The van der Waals surface area contributed by atoms with Crippen molar-refractivity contribution in [1.82, 2.24) is 0 Å². The average Bonchev–Trinajstić information content (AvgIpc) is 3.05. The molecule has 0 saturated heterocycles. The van der Waals surface area contributed by atoms with E-state index in [2.05, 4.69) is 26.0 Å². The number of ketones is 1. The van der Waals surface area contributed by atoms with E-state index in [9.17, 15) is 10.1 Å². The molecular formula is C24H25N3OS. The van der Waals surface area contributed by atoms with Crippen molar-refractivity contribution < 1.29 is 4.79 Å². The van der Waals surface area contributed by atoms with Crippen molar-refractivity contribution in [3.63, 3.8) is 0 Å². The molecule has 1 aliphatic carbocycles. The Bertz CT molecular complexity index is 1110. The van der Waals surface area contributed by atoms with Crippen molar-refractivity contribution in [3.8, 4) is 6.07 Å². The van der Waals surface area contributed by atoms with Gasteiger partial charge in [-0.05, 0) is 60.4 Å². The molecule has 148 valence electrons. The number of anilines is 1. The van der Waals surface area contributed by atoms with E-state index in [1.165, 1.54) is 0 Å². The number of nitriles is 1. The molecule has 2 aliphatic rings. The number of carbonyl (C=O) groups excluding carboxylic acids is 1. The van der Waals surface area contributed by atoms with Gasteiger partial charge in [0.15, 0.2) is 5.78 Å². The molecule has 0 radical (unpaired) electrons. The van der Waals surface area contributed by atoms with Gasteiger partial charge in [-0.2, -0.15) is 5.26 Å². The molecule has 2 N–H and O–H groups in total. The van der Waals surface area contributed by atoms with Crippen LogP contribution in [0.25, 0.3) is 0 Å². The molecule has 4 nitrogen and oxygen atoms in total. The second-order valence-corrected chi connectivity index (χ2v) is 9.74. The Morgan fingerprint density at radius 1 is 1.24 bits per heavy atom. The highest BCUT2D eigenvalue weighted by Gasteiger charge is 2.45. The van der Waals surface area contributed by atoms with Crippen molar-refractivity contribution >= 4 is 22.8 Å². The van der Waals surface area contributed by atoms with E-state index in [0.29, 0.717) is 17.8 Å². The highest BCUT2D eigenvalue weighted by atomic mass is 32.1. The third-order valence-corrected chi connectivity index (χ3v) is 6.89. The van der Waals surface area contributed by atoms with Crippen LogP contribution in [0, 0.1) is 30.6 Å². The lowest BCUT2D eigenvalue weighted by Gasteiger charge is -2.43. The topological polar surface area (TPSA) is 70.1 Å². The first-order chi connectivity index (χ1) is 13.7. The Labute approximate surface area is 176 Å².